The Morgan fingerprint density at radius 3 is 2.32 bits per heavy atom. The molecule has 0 bridgehead atoms. The molecule has 3 heterocycles. The summed E-state index contributed by atoms with van der Waals surface area (Å²) in [6.07, 6.45) is -4.82. The highest BCUT2D eigenvalue weighted by molar-refractivity contribution is 7.84. The summed E-state index contributed by atoms with van der Waals surface area (Å²) in [5.41, 5.74) is 5.01. The third-order valence-corrected chi connectivity index (χ3v) is 8.11. The van der Waals surface area contributed by atoms with E-state index in [-0.39, 0.29) is 41.7 Å². The van der Waals surface area contributed by atoms with Crippen LogP contribution >= 0.6 is 23.1 Å². The quantitative estimate of drug-likeness (QED) is 0.0837. The predicted octanol–water partition coefficient (Wildman–Crippen LogP) is -2.71. The topological polar surface area (TPSA) is 413 Å². The number of nitrogens with one attached hydrogen (secondary N) is 1. The van der Waals surface area contributed by atoms with Gasteiger partial charge in [0.25, 0.3) is 26.8 Å². The Kier molecular flexibility index (Phi) is 13.1. The van der Waals surface area contributed by atoms with E-state index in [1.807, 2.05) is 0 Å². The highest BCUT2D eigenvalue weighted by Gasteiger charge is 2.47. The zero-order valence-electron chi connectivity index (χ0n) is 19.2. The number of aromatic nitrogens is 4. The van der Waals surface area contributed by atoms with Gasteiger partial charge >= 0.3 is 13.5 Å². The first-order chi connectivity index (χ1) is 15.0. The summed E-state index contributed by atoms with van der Waals surface area (Å²) in [6.45, 7) is -0.903. The number of phosphoric acid groups is 2. The van der Waals surface area contributed by atoms with Gasteiger partial charge in [0.15, 0.2) is 6.33 Å². The number of hydrogen-bond acceptors (Lipinski definition) is 17. The third kappa shape index (κ3) is 8.70. The van der Waals surface area contributed by atoms with E-state index in [2.05, 4.69) is 23.1 Å². The van der Waals surface area contributed by atoms with Crippen molar-refractivity contribution in [2.24, 2.45) is 7.05 Å². The Morgan fingerprint density at radius 2 is 1.78 bits per heavy atom. The number of anilines is 1. The fourth-order valence-electron chi connectivity index (χ4n) is 3.04. The summed E-state index contributed by atoms with van der Waals surface area (Å²) < 4.78 is 53.8. The maximum Gasteiger partial charge on any atom is 0.476 e. The molecule has 214 valence electrons. The Bertz CT molecular complexity index is 1270. The molecule has 19 N–H and O–H groups in total. The van der Waals surface area contributed by atoms with Crippen molar-refractivity contribution in [3.05, 3.63) is 16.7 Å². The molecule has 2 aromatic rings. The number of hydrogen-bond donors (Lipinski definition) is 10. The number of rotatable bonds is 8. The average molecular weight is 599 g/mol. The molecule has 1 aliphatic heterocycles. The van der Waals surface area contributed by atoms with Gasteiger partial charge in [-0.1, -0.05) is 4.98 Å². The molecule has 3 rings (SSSR count). The van der Waals surface area contributed by atoms with Gasteiger partial charge < -0.3 is 64.5 Å². The molecule has 0 spiro atoms. The van der Waals surface area contributed by atoms with Gasteiger partial charge in [-0.3, -0.25) is 23.5 Å². The summed E-state index contributed by atoms with van der Waals surface area (Å²) in [7, 11) is -9.91. The molecule has 1 fully saturated rings. The first kappa shape index (κ1) is 37.5. The molecular formula is C11H29BN9O13P3. The monoisotopic (exact) mass is 599 g/mol. The van der Waals surface area contributed by atoms with Crippen molar-refractivity contribution in [3.63, 3.8) is 0 Å². The van der Waals surface area contributed by atoms with Crippen LogP contribution in [-0.2, 0) is 38.6 Å². The fraction of sp³-hybridized carbons (Fsp3) is 0.545. The van der Waals surface area contributed by atoms with Crippen LogP contribution in [0.4, 0.5) is 5.95 Å². The second kappa shape index (κ2) is 13.0. The lowest BCUT2D eigenvalue weighted by Crippen LogP contribution is -2.46. The number of aromatic amines is 1. The minimum Gasteiger partial charge on any atom is -0.756 e. The Morgan fingerprint density at radius 1 is 1.22 bits per heavy atom. The van der Waals surface area contributed by atoms with E-state index in [9.17, 15) is 33.6 Å². The third-order valence-electron chi connectivity index (χ3n) is 4.24. The van der Waals surface area contributed by atoms with Crippen molar-refractivity contribution in [2.45, 2.75) is 24.5 Å². The summed E-state index contributed by atoms with van der Waals surface area (Å²) in [6, 6.07) is 0. The molecule has 22 nitrogen and oxygen atoms in total. The largest absolute Gasteiger partial charge is 0.756 e. The van der Waals surface area contributed by atoms with E-state index in [1.165, 1.54) is 22.5 Å². The molecule has 0 aliphatic carbocycles. The van der Waals surface area contributed by atoms with Crippen LogP contribution in [0.15, 0.2) is 11.1 Å². The van der Waals surface area contributed by atoms with Crippen molar-refractivity contribution >= 4 is 47.8 Å². The van der Waals surface area contributed by atoms with Crippen molar-refractivity contribution in [1.82, 2.24) is 39.1 Å². The number of H-pyrrole nitrogens is 1. The molecule has 6 atom stereocenters. The van der Waals surface area contributed by atoms with Crippen molar-refractivity contribution in [2.75, 3.05) is 12.3 Å². The minimum atomic E-state index is -5.86. The van der Waals surface area contributed by atoms with Crippen LogP contribution in [0.3, 0.4) is 0 Å². The van der Waals surface area contributed by atoms with Gasteiger partial charge in [0.1, 0.15) is 18.3 Å². The lowest BCUT2D eigenvalue weighted by molar-refractivity contribution is -0.745. The molecule has 0 amide bonds. The number of ether oxygens (including phenoxy) is 1. The molecule has 1 aliphatic rings. The second-order valence-corrected chi connectivity index (χ2v) is 11.3. The van der Waals surface area contributed by atoms with E-state index in [0.717, 1.165) is 0 Å². The van der Waals surface area contributed by atoms with E-state index >= 15 is 0 Å². The Labute approximate surface area is 209 Å². The van der Waals surface area contributed by atoms with Gasteiger partial charge in [-0.2, -0.15) is 0 Å². The maximum absolute atomic E-state index is 12.1. The van der Waals surface area contributed by atoms with Crippen LogP contribution in [0.5, 0.6) is 0 Å². The highest BCUT2D eigenvalue weighted by atomic mass is 31.3. The first-order valence-electron chi connectivity index (χ1n) is 8.60. The van der Waals surface area contributed by atoms with Crippen LogP contribution in [0.25, 0.3) is 11.2 Å². The number of aliphatic hydroxyl groups excluding tert-OH is 2. The zero-order chi connectivity index (χ0) is 24.9. The van der Waals surface area contributed by atoms with Crippen LogP contribution in [0.1, 0.15) is 6.23 Å². The molecule has 2 aromatic heterocycles. The summed E-state index contributed by atoms with van der Waals surface area (Å²) >= 11 is 0. The van der Waals surface area contributed by atoms with Gasteiger partial charge in [0, 0.05) is 0 Å². The minimum absolute atomic E-state index is 0. The van der Waals surface area contributed by atoms with Gasteiger partial charge in [-0.05, 0) is 0 Å². The van der Waals surface area contributed by atoms with E-state index in [0.29, 0.717) is 0 Å². The normalized spacial score (nSPS) is 24.5. The van der Waals surface area contributed by atoms with Gasteiger partial charge in [0.05, 0.1) is 13.7 Å². The number of aryl methyl sites for hydroxylation is 1. The van der Waals surface area contributed by atoms with Crippen LogP contribution in [0.2, 0.25) is 0 Å². The molecule has 26 heteroatoms. The predicted molar refractivity (Wildman–Crippen MR) is 123 cm³/mol. The number of nitrogens with zero attached hydrogens (tertiary/aromatic N) is 3. The maximum atomic E-state index is 12.1. The van der Waals surface area contributed by atoms with Crippen molar-refractivity contribution in [1.29, 1.82) is 0 Å². The van der Waals surface area contributed by atoms with Crippen LogP contribution in [-0.4, -0.2) is 67.0 Å². The summed E-state index contributed by atoms with van der Waals surface area (Å²) in [5.74, 6) is -0.235. The van der Waals surface area contributed by atoms with E-state index < -0.39 is 59.8 Å². The molecule has 1 unspecified atom stereocenters. The van der Waals surface area contributed by atoms with Crippen molar-refractivity contribution in [3.8, 4) is 0 Å². The first-order valence-corrected chi connectivity index (χ1v) is 13.2. The van der Waals surface area contributed by atoms with Gasteiger partial charge in [0.2, 0.25) is 19.3 Å². The molecule has 0 aromatic carbocycles. The molecule has 1 saturated heterocycles. The van der Waals surface area contributed by atoms with Crippen LogP contribution in [0, 0.1) is 0 Å². The van der Waals surface area contributed by atoms with E-state index in [4.69, 9.17) is 27.8 Å². The van der Waals surface area contributed by atoms with Gasteiger partial charge in [-0.25, -0.2) is 17.8 Å². The van der Waals surface area contributed by atoms with Crippen molar-refractivity contribution < 1.29 is 61.0 Å². The van der Waals surface area contributed by atoms with Gasteiger partial charge in [-0.15, -0.1) is 0 Å². The van der Waals surface area contributed by atoms with E-state index in [1.54, 1.807) is 0 Å². The lowest BCUT2D eigenvalue weighted by atomic mass is 10.1. The smallest absolute Gasteiger partial charge is 0.476 e. The Balaban J connectivity index is 0. The SMILES string of the molecule is N.N.N.N.[B][P@](=O)(OC[C@H]1O[C@@H]([n+]2cn(C)c3c(=O)[nH]c(N)nc32)[C@H](O)[C@@H]1O)OP(=O)([O-])OP(=O)(O)O. The number of aliphatic hydroxyl groups is 2. The standard InChI is InChI=1S/C11H17BN5O13P3.4H3N/c1-16-3-17(8-5(16)9(20)15-11(13)14-8)10-7(19)6(18)4(28-10)2-27-31(12,21)29-33(25,26)30-32(22,23)24;;;;/h3-4,6-7,10,18-19H,2H2,1H3,(H5-,13,14,15,20,22,23,24,25,26);4*1H3/t4-,6-,7-,10-,31+;;;;/m1..../s1. The highest BCUT2D eigenvalue weighted by Crippen LogP contribution is 2.63. The fourth-order valence-corrected chi connectivity index (χ4v) is 6.13. The second-order valence-electron chi connectivity index (χ2n) is 6.74. The number of nitrogens with two attached hydrogens (primary N) is 1. The Hall–Kier alpha value is -1.62. The lowest BCUT2D eigenvalue weighted by Gasteiger charge is -2.26. The molecular weight excluding hydrogens is 570 g/mol. The number of nitrogen functional groups attached to an aromatic ring is 1. The zero-order valence-corrected chi connectivity index (χ0v) is 21.9. The summed E-state index contributed by atoms with van der Waals surface area (Å²) in [5, 5.41) is 20.6. The molecule has 0 saturated carbocycles. The summed E-state index contributed by atoms with van der Waals surface area (Å²) in [4.78, 5) is 46.8. The number of fused-ring (bicyclic) bond motifs is 1. The number of imidazole rings is 1. The molecule has 2 radical (unpaired) electrons. The average Bonchev–Trinajstić information content (AvgIpc) is 3.07. The molecule has 37 heavy (non-hydrogen) atoms. The van der Waals surface area contributed by atoms with Crippen LogP contribution < -0.4 is 45.4 Å².